The van der Waals surface area contributed by atoms with Crippen LogP contribution in [0.3, 0.4) is 0 Å². The molecule has 3 nitrogen and oxygen atoms in total. The molecule has 1 saturated heterocycles. The van der Waals surface area contributed by atoms with Gasteiger partial charge in [-0.15, -0.1) is 0 Å². The Morgan fingerprint density at radius 2 is 2.33 bits per heavy atom. The van der Waals surface area contributed by atoms with Crippen molar-refractivity contribution in [1.82, 2.24) is 10.2 Å². The summed E-state index contributed by atoms with van der Waals surface area (Å²) in [6, 6.07) is 1.31. The molecule has 1 aliphatic heterocycles. The van der Waals surface area contributed by atoms with Crippen molar-refractivity contribution in [3.05, 3.63) is 0 Å². The average molecular weight is 214 g/mol. The lowest BCUT2D eigenvalue weighted by atomic mass is 10.2. The quantitative estimate of drug-likeness (QED) is 0.669. The van der Waals surface area contributed by atoms with Crippen LogP contribution in [0.5, 0.6) is 0 Å². The minimum atomic E-state index is 0.315. The Kier molecular flexibility index (Phi) is 6.22. The number of aliphatic hydroxyl groups is 1. The molecule has 0 amide bonds. The zero-order valence-corrected chi connectivity index (χ0v) is 10.2. The minimum Gasteiger partial charge on any atom is -0.396 e. The largest absolute Gasteiger partial charge is 0.396 e. The molecule has 2 atom stereocenters. The van der Waals surface area contributed by atoms with Gasteiger partial charge in [0, 0.05) is 31.8 Å². The Labute approximate surface area is 93.9 Å². The molecule has 1 rings (SSSR count). The molecule has 1 heterocycles. The third kappa shape index (κ3) is 4.96. The number of hydrogen-bond donors (Lipinski definition) is 2. The molecule has 3 heteroatoms. The van der Waals surface area contributed by atoms with Crippen LogP contribution in [0, 0.1) is 0 Å². The highest BCUT2D eigenvalue weighted by molar-refractivity contribution is 4.75. The second-order valence-corrected chi connectivity index (χ2v) is 4.75. The van der Waals surface area contributed by atoms with E-state index in [1.165, 1.54) is 25.9 Å². The Bertz CT molecular complexity index is 164. The molecule has 0 aromatic heterocycles. The third-order valence-corrected chi connectivity index (χ3v) is 3.38. The van der Waals surface area contributed by atoms with Gasteiger partial charge in [-0.25, -0.2) is 0 Å². The summed E-state index contributed by atoms with van der Waals surface area (Å²) < 4.78 is 0. The van der Waals surface area contributed by atoms with Gasteiger partial charge in [0.25, 0.3) is 0 Å². The molecular weight excluding hydrogens is 188 g/mol. The zero-order valence-electron chi connectivity index (χ0n) is 10.2. The summed E-state index contributed by atoms with van der Waals surface area (Å²) in [6.07, 6.45) is 4.71. The van der Waals surface area contributed by atoms with Crippen LogP contribution in [0.4, 0.5) is 0 Å². The molecule has 0 radical (unpaired) electrons. The summed E-state index contributed by atoms with van der Waals surface area (Å²) in [7, 11) is 0. The SMILES string of the molecule is CC(CCCO)NCCN1CCCC1C. The van der Waals surface area contributed by atoms with Gasteiger partial charge in [0.1, 0.15) is 0 Å². The molecule has 0 spiro atoms. The lowest BCUT2D eigenvalue weighted by molar-refractivity contribution is 0.256. The van der Waals surface area contributed by atoms with Crippen molar-refractivity contribution in [2.45, 2.75) is 51.6 Å². The molecular formula is C12H26N2O. The first-order chi connectivity index (χ1) is 7.24. The van der Waals surface area contributed by atoms with Gasteiger partial charge in [-0.3, -0.25) is 4.90 Å². The monoisotopic (exact) mass is 214 g/mol. The number of rotatable bonds is 7. The Hall–Kier alpha value is -0.120. The molecule has 1 aliphatic rings. The molecule has 1 fully saturated rings. The molecule has 0 saturated carbocycles. The lowest BCUT2D eigenvalue weighted by Crippen LogP contribution is -2.37. The minimum absolute atomic E-state index is 0.315. The van der Waals surface area contributed by atoms with Gasteiger partial charge in [0.15, 0.2) is 0 Å². The van der Waals surface area contributed by atoms with E-state index in [1.807, 2.05) is 0 Å². The maximum absolute atomic E-state index is 8.71. The number of likely N-dealkylation sites (tertiary alicyclic amines) is 1. The van der Waals surface area contributed by atoms with Gasteiger partial charge in [-0.05, 0) is 46.1 Å². The van der Waals surface area contributed by atoms with Crippen molar-refractivity contribution < 1.29 is 5.11 Å². The lowest BCUT2D eigenvalue weighted by Gasteiger charge is -2.22. The molecule has 15 heavy (non-hydrogen) atoms. The Morgan fingerprint density at radius 1 is 1.53 bits per heavy atom. The first-order valence-electron chi connectivity index (χ1n) is 6.32. The van der Waals surface area contributed by atoms with Crippen LogP contribution in [-0.4, -0.2) is 48.3 Å². The Balaban J connectivity index is 2.00. The standard InChI is InChI=1S/C12H26N2O/c1-11(5-4-10-15)13-7-9-14-8-3-6-12(14)2/h11-13,15H,3-10H2,1-2H3. The summed E-state index contributed by atoms with van der Waals surface area (Å²) in [5.74, 6) is 0. The van der Waals surface area contributed by atoms with Crippen LogP contribution in [0.1, 0.15) is 39.5 Å². The van der Waals surface area contributed by atoms with Gasteiger partial charge in [0.2, 0.25) is 0 Å². The van der Waals surface area contributed by atoms with Crippen molar-refractivity contribution >= 4 is 0 Å². The van der Waals surface area contributed by atoms with E-state index in [-0.39, 0.29) is 0 Å². The van der Waals surface area contributed by atoms with Crippen molar-refractivity contribution in [3.8, 4) is 0 Å². The van der Waals surface area contributed by atoms with Crippen LogP contribution in [0.25, 0.3) is 0 Å². The van der Waals surface area contributed by atoms with Crippen LogP contribution < -0.4 is 5.32 Å². The van der Waals surface area contributed by atoms with E-state index in [9.17, 15) is 0 Å². The fraction of sp³-hybridized carbons (Fsp3) is 1.00. The predicted molar refractivity (Wildman–Crippen MR) is 64.1 cm³/mol. The van der Waals surface area contributed by atoms with Gasteiger partial charge in [-0.1, -0.05) is 0 Å². The molecule has 2 N–H and O–H groups in total. The summed E-state index contributed by atoms with van der Waals surface area (Å²) in [4.78, 5) is 2.56. The van der Waals surface area contributed by atoms with Crippen molar-refractivity contribution in [2.75, 3.05) is 26.2 Å². The highest BCUT2D eigenvalue weighted by Crippen LogP contribution is 2.14. The summed E-state index contributed by atoms with van der Waals surface area (Å²) >= 11 is 0. The van der Waals surface area contributed by atoms with E-state index in [0.29, 0.717) is 12.6 Å². The van der Waals surface area contributed by atoms with E-state index in [0.717, 1.165) is 25.4 Å². The topological polar surface area (TPSA) is 35.5 Å². The fourth-order valence-corrected chi connectivity index (χ4v) is 2.28. The van der Waals surface area contributed by atoms with E-state index >= 15 is 0 Å². The van der Waals surface area contributed by atoms with Gasteiger partial charge < -0.3 is 10.4 Å². The van der Waals surface area contributed by atoms with Crippen LogP contribution in [-0.2, 0) is 0 Å². The maximum atomic E-state index is 8.71. The number of nitrogens with one attached hydrogen (secondary N) is 1. The molecule has 0 aromatic rings. The molecule has 0 aliphatic carbocycles. The third-order valence-electron chi connectivity index (χ3n) is 3.38. The van der Waals surface area contributed by atoms with E-state index in [4.69, 9.17) is 5.11 Å². The van der Waals surface area contributed by atoms with Gasteiger partial charge >= 0.3 is 0 Å². The highest BCUT2D eigenvalue weighted by Gasteiger charge is 2.19. The van der Waals surface area contributed by atoms with Crippen molar-refractivity contribution in [2.24, 2.45) is 0 Å². The number of aliphatic hydroxyl groups excluding tert-OH is 1. The molecule has 2 unspecified atom stereocenters. The van der Waals surface area contributed by atoms with Gasteiger partial charge in [-0.2, -0.15) is 0 Å². The van der Waals surface area contributed by atoms with E-state index in [1.54, 1.807) is 0 Å². The van der Waals surface area contributed by atoms with E-state index in [2.05, 4.69) is 24.1 Å². The van der Waals surface area contributed by atoms with Crippen molar-refractivity contribution in [3.63, 3.8) is 0 Å². The molecule has 90 valence electrons. The van der Waals surface area contributed by atoms with Crippen LogP contribution in [0.15, 0.2) is 0 Å². The zero-order chi connectivity index (χ0) is 11.1. The number of hydrogen-bond acceptors (Lipinski definition) is 3. The summed E-state index contributed by atoms with van der Waals surface area (Å²) in [6.45, 7) is 8.36. The highest BCUT2D eigenvalue weighted by atomic mass is 16.2. The first-order valence-corrected chi connectivity index (χ1v) is 6.32. The molecule has 0 aromatic carbocycles. The van der Waals surface area contributed by atoms with Crippen LogP contribution in [0.2, 0.25) is 0 Å². The van der Waals surface area contributed by atoms with Crippen molar-refractivity contribution in [1.29, 1.82) is 0 Å². The Morgan fingerprint density at radius 3 is 2.93 bits per heavy atom. The van der Waals surface area contributed by atoms with Crippen LogP contribution >= 0.6 is 0 Å². The molecule has 0 bridgehead atoms. The smallest absolute Gasteiger partial charge is 0.0431 e. The van der Waals surface area contributed by atoms with E-state index < -0.39 is 0 Å². The fourth-order valence-electron chi connectivity index (χ4n) is 2.28. The maximum Gasteiger partial charge on any atom is 0.0431 e. The predicted octanol–water partition coefficient (Wildman–Crippen LogP) is 1.22. The average Bonchev–Trinajstić information content (AvgIpc) is 2.61. The number of nitrogens with zero attached hydrogens (tertiary/aromatic N) is 1. The second kappa shape index (κ2) is 7.20. The van der Waals surface area contributed by atoms with Gasteiger partial charge in [0.05, 0.1) is 0 Å². The first kappa shape index (κ1) is 12.9. The summed E-state index contributed by atoms with van der Waals surface area (Å²) in [5.41, 5.74) is 0. The summed E-state index contributed by atoms with van der Waals surface area (Å²) in [5, 5.41) is 12.2. The normalized spacial score (nSPS) is 24.6. The second-order valence-electron chi connectivity index (χ2n) is 4.75.